The first-order valence-corrected chi connectivity index (χ1v) is 7.34. The number of sulfone groups is 1. The maximum Gasteiger partial charge on any atom is 0.228 e. The largest absolute Gasteiger partial charge is 0.326 e. The van der Waals surface area contributed by atoms with Gasteiger partial charge in [0.15, 0.2) is 9.84 Å². The average molecular weight is 264 g/mol. The molecule has 2 rings (SSSR count). The Labute approximate surface area is 105 Å². The zero-order chi connectivity index (χ0) is 13.2. The molecule has 1 heterocycles. The first-order valence-electron chi connectivity index (χ1n) is 5.51. The molecule has 0 spiro atoms. The number of carbonyl (C=O) groups is 1. The number of anilines is 1. The van der Waals surface area contributed by atoms with E-state index >= 15 is 0 Å². The summed E-state index contributed by atoms with van der Waals surface area (Å²) in [5.74, 6) is -0.799. The van der Waals surface area contributed by atoms with Gasteiger partial charge in [-0.2, -0.15) is 5.26 Å². The molecule has 1 aliphatic rings. The first kappa shape index (κ1) is 12.6. The van der Waals surface area contributed by atoms with Crippen molar-refractivity contribution in [3.63, 3.8) is 0 Å². The third kappa shape index (κ3) is 2.87. The van der Waals surface area contributed by atoms with Gasteiger partial charge in [-0.05, 0) is 24.6 Å². The standard InChI is InChI=1S/C12H12N2O3S/c13-7-9-2-1-3-11(6-9)14-12(15)10-4-5-18(16,17)8-10/h1-3,6,10H,4-5,8H2,(H,14,15)/t10-/m0/s1. The zero-order valence-electron chi connectivity index (χ0n) is 9.59. The van der Waals surface area contributed by atoms with Crippen molar-refractivity contribution in [3.05, 3.63) is 29.8 Å². The van der Waals surface area contributed by atoms with Gasteiger partial charge < -0.3 is 5.32 Å². The van der Waals surface area contributed by atoms with Crippen LogP contribution in [-0.2, 0) is 14.6 Å². The van der Waals surface area contributed by atoms with Crippen LogP contribution in [0.1, 0.15) is 12.0 Å². The zero-order valence-corrected chi connectivity index (χ0v) is 10.4. The molecule has 0 bridgehead atoms. The quantitative estimate of drug-likeness (QED) is 0.860. The predicted molar refractivity (Wildman–Crippen MR) is 66.5 cm³/mol. The van der Waals surface area contributed by atoms with Gasteiger partial charge in [0.2, 0.25) is 5.91 Å². The summed E-state index contributed by atoms with van der Waals surface area (Å²) in [5, 5.41) is 11.4. The van der Waals surface area contributed by atoms with E-state index in [4.69, 9.17) is 5.26 Å². The van der Waals surface area contributed by atoms with Crippen LogP contribution >= 0.6 is 0 Å². The van der Waals surface area contributed by atoms with Gasteiger partial charge in [-0.15, -0.1) is 0 Å². The molecule has 6 heteroatoms. The molecular formula is C12H12N2O3S. The first-order chi connectivity index (χ1) is 8.50. The Morgan fingerprint density at radius 1 is 1.44 bits per heavy atom. The van der Waals surface area contributed by atoms with Crippen molar-refractivity contribution in [1.82, 2.24) is 0 Å². The predicted octanol–water partition coefficient (Wildman–Crippen LogP) is 0.931. The molecule has 1 aliphatic heterocycles. The van der Waals surface area contributed by atoms with Crippen molar-refractivity contribution < 1.29 is 13.2 Å². The Morgan fingerprint density at radius 3 is 2.83 bits per heavy atom. The van der Waals surface area contributed by atoms with Crippen LogP contribution in [-0.4, -0.2) is 25.8 Å². The van der Waals surface area contributed by atoms with E-state index in [9.17, 15) is 13.2 Å². The van der Waals surface area contributed by atoms with Gasteiger partial charge in [0.1, 0.15) is 0 Å². The Bertz CT molecular complexity index is 616. The number of nitriles is 1. The van der Waals surface area contributed by atoms with E-state index in [0.717, 1.165) is 0 Å². The molecule has 0 saturated carbocycles. The molecule has 0 aliphatic carbocycles. The summed E-state index contributed by atoms with van der Waals surface area (Å²) >= 11 is 0. The highest BCUT2D eigenvalue weighted by molar-refractivity contribution is 7.91. The Kier molecular flexibility index (Phi) is 3.34. The van der Waals surface area contributed by atoms with Crippen molar-refractivity contribution >= 4 is 21.4 Å². The number of rotatable bonds is 2. The Hall–Kier alpha value is -1.87. The van der Waals surface area contributed by atoms with Crippen LogP contribution in [0.5, 0.6) is 0 Å². The summed E-state index contributed by atoms with van der Waals surface area (Å²) in [5.41, 5.74) is 0.968. The van der Waals surface area contributed by atoms with Crippen molar-refractivity contribution in [2.24, 2.45) is 5.92 Å². The molecule has 1 fully saturated rings. The smallest absolute Gasteiger partial charge is 0.228 e. The normalized spacial score (nSPS) is 21.2. The fourth-order valence-electron chi connectivity index (χ4n) is 1.91. The number of benzene rings is 1. The fourth-order valence-corrected chi connectivity index (χ4v) is 3.65. The molecule has 0 aromatic heterocycles. The molecule has 1 saturated heterocycles. The van der Waals surface area contributed by atoms with Gasteiger partial charge in [-0.1, -0.05) is 6.07 Å². The summed E-state index contributed by atoms with van der Waals surface area (Å²) in [6, 6.07) is 8.50. The summed E-state index contributed by atoms with van der Waals surface area (Å²) in [7, 11) is -3.06. The summed E-state index contributed by atoms with van der Waals surface area (Å²) in [6.45, 7) is 0. The van der Waals surface area contributed by atoms with Crippen LogP contribution in [0, 0.1) is 17.2 Å². The topological polar surface area (TPSA) is 87.0 Å². The number of hydrogen-bond donors (Lipinski definition) is 1. The van der Waals surface area contributed by atoms with Gasteiger partial charge in [-0.25, -0.2) is 8.42 Å². The molecule has 18 heavy (non-hydrogen) atoms. The molecule has 0 unspecified atom stereocenters. The van der Waals surface area contributed by atoms with Crippen molar-refractivity contribution in [1.29, 1.82) is 5.26 Å². The van der Waals surface area contributed by atoms with Crippen LogP contribution in [0.4, 0.5) is 5.69 Å². The lowest BCUT2D eigenvalue weighted by Gasteiger charge is -2.09. The van der Waals surface area contributed by atoms with E-state index in [1.54, 1.807) is 24.3 Å². The lowest BCUT2D eigenvalue weighted by atomic mass is 10.1. The van der Waals surface area contributed by atoms with Crippen molar-refractivity contribution in [2.45, 2.75) is 6.42 Å². The second kappa shape index (κ2) is 4.78. The SMILES string of the molecule is N#Cc1cccc(NC(=O)[C@H]2CCS(=O)(=O)C2)c1. The van der Waals surface area contributed by atoms with Crippen molar-refractivity contribution in [3.8, 4) is 6.07 Å². The van der Waals surface area contributed by atoms with Crippen LogP contribution in [0.2, 0.25) is 0 Å². The average Bonchev–Trinajstić information content (AvgIpc) is 2.70. The van der Waals surface area contributed by atoms with Gasteiger partial charge >= 0.3 is 0 Å². The molecule has 1 atom stereocenters. The molecular weight excluding hydrogens is 252 g/mol. The second-order valence-corrected chi connectivity index (χ2v) is 6.51. The highest BCUT2D eigenvalue weighted by Gasteiger charge is 2.32. The van der Waals surface area contributed by atoms with Gasteiger partial charge in [0, 0.05) is 5.69 Å². The minimum absolute atomic E-state index is 0.0727. The molecule has 1 amide bonds. The Morgan fingerprint density at radius 2 is 2.22 bits per heavy atom. The molecule has 0 radical (unpaired) electrons. The molecule has 1 aromatic carbocycles. The number of hydrogen-bond acceptors (Lipinski definition) is 4. The third-order valence-corrected chi connectivity index (χ3v) is 4.63. The van der Waals surface area contributed by atoms with E-state index < -0.39 is 15.8 Å². The number of amides is 1. The van der Waals surface area contributed by atoms with Gasteiger partial charge in [0.25, 0.3) is 0 Å². The second-order valence-electron chi connectivity index (χ2n) is 4.28. The van der Waals surface area contributed by atoms with Gasteiger partial charge in [0.05, 0.1) is 29.1 Å². The summed E-state index contributed by atoms with van der Waals surface area (Å²) < 4.78 is 22.6. The van der Waals surface area contributed by atoms with Crippen LogP contribution in [0.15, 0.2) is 24.3 Å². The van der Waals surface area contributed by atoms with E-state index in [1.807, 2.05) is 6.07 Å². The Balaban J connectivity index is 2.06. The van der Waals surface area contributed by atoms with Crippen LogP contribution < -0.4 is 5.32 Å². The summed E-state index contributed by atoms with van der Waals surface area (Å²) in [6.07, 6.45) is 0.367. The van der Waals surface area contributed by atoms with E-state index in [1.165, 1.54) is 0 Å². The van der Waals surface area contributed by atoms with Crippen LogP contribution in [0.3, 0.4) is 0 Å². The van der Waals surface area contributed by atoms with Gasteiger partial charge in [-0.3, -0.25) is 4.79 Å². The molecule has 5 nitrogen and oxygen atoms in total. The minimum atomic E-state index is -3.06. The number of nitrogens with zero attached hydrogens (tertiary/aromatic N) is 1. The minimum Gasteiger partial charge on any atom is -0.326 e. The molecule has 94 valence electrons. The highest BCUT2D eigenvalue weighted by Crippen LogP contribution is 2.20. The monoisotopic (exact) mass is 264 g/mol. The number of nitrogens with one attached hydrogen (secondary N) is 1. The molecule has 1 aromatic rings. The number of carbonyl (C=O) groups excluding carboxylic acids is 1. The van der Waals surface area contributed by atoms with E-state index in [-0.39, 0.29) is 17.4 Å². The molecule has 1 N–H and O–H groups in total. The fraction of sp³-hybridized carbons (Fsp3) is 0.333. The summed E-state index contributed by atoms with van der Waals surface area (Å²) in [4.78, 5) is 11.8. The van der Waals surface area contributed by atoms with Crippen LogP contribution in [0.25, 0.3) is 0 Å². The lowest BCUT2D eigenvalue weighted by Crippen LogP contribution is -2.23. The van der Waals surface area contributed by atoms with E-state index in [0.29, 0.717) is 17.7 Å². The van der Waals surface area contributed by atoms with E-state index in [2.05, 4.69) is 5.32 Å². The highest BCUT2D eigenvalue weighted by atomic mass is 32.2. The lowest BCUT2D eigenvalue weighted by molar-refractivity contribution is -0.119. The maximum absolute atomic E-state index is 11.8. The third-order valence-electron chi connectivity index (χ3n) is 2.86. The van der Waals surface area contributed by atoms with Crippen molar-refractivity contribution in [2.75, 3.05) is 16.8 Å². The maximum atomic E-state index is 11.8.